The van der Waals surface area contributed by atoms with Gasteiger partial charge in [-0.25, -0.2) is 13.8 Å². The monoisotopic (exact) mass is 450 g/mol. The summed E-state index contributed by atoms with van der Waals surface area (Å²) in [4.78, 5) is 24.3. The molecule has 0 unspecified atom stereocenters. The molecule has 2 aromatic heterocycles. The molecule has 11 heteroatoms. The first-order valence-corrected chi connectivity index (χ1v) is 9.80. The van der Waals surface area contributed by atoms with Crippen molar-refractivity contribution in [3.63, 3.8) is 0 Å². The van der Waals surface area contributed by atoms with Crippen LogP contribution in [0.25, 0.3) is 16.6 Å². The van der Waals surface area contributed by atoms with Crippen molar-refractivity contribution in [2.45, 2.75) is 19.8 Å². The van der Waals surface area contributed by atoms with E-state index in [4.69, 9.17) is 22.5 Å². The minimum absolute atomic E-state index is 0.0116. The van der Waals surface area contributed by atoms with E-state index < -0.39 is 11.6 Å². The first-order chi connectivity index (χ1) is 15.7. The lowest BCUT2D eigenvalue weighted by Crippen LogP contribution is -2.24. The van der Waals surface area contributed by atoms with Gasteiger partial charge in [0.2, 0.25) is 5.95 Å². The van der Waals surface area contributed by atoms with Crippen LogP contribution in [0.5, 0.6) is 0 Å². The number of nitrogens with two attached hydrogens (primary N) is 3. The Morgan fingerprint density at radius 3 is 2.18 bits per heavy atom. The smallest absolute Gasteiger partial charge is 0.265 e. The number of para-hydroxylation sites is 1. The second kappa shape index (κ2) is 9.69. The number of hydrogen-bond acceptors (Lipinski definition) is 8. The lowest BCUT2D eigenvalue weighted by atomic mass is 10.2. The zero-order valence-electron chi connectivity index (χ0n) is 17.6. The van der Waals surface area contributed by atoms with E-state index >= 15 is 0 Å². The van der Waals surface area contributed by atoms with Gasteiger partial charge in [-0.05, 0) is 30.7 Å². The fourth-order valence-corrected chi connectivity index (χ4v) is 3.13. The van der Waals surface area contributed by atoms with E-state index in [1.54, 1.807) is 30.3 Å². The Balaban J connectivity index is 0.000000235. The molecule has 0 spiro atoms. The Hall–Kier alpha value is -4.59. The van der Waals surface area contributed by atoms with Crippen molar-refractivity contribution in [1.82, 2.24) is 19.5 Å². The summed E-state index contributed by atoms with van der Waals surface area (Å²) in [5.74, 6) is -0.958. The molecule has 2 aromatic carbocycles. The first-order valence-electron chi connectivity index (χ1n) is 9.80. The van der Waals surface area contributed by atoms with E-state index in [9.17, 15) is 13.6 Å². The number of hydrogen-bond donors (Lipinski definition) is 3. The highest BCUT2D eigenvalue weighted by Crippen LogP contribution is 2.17. The topological polar surface area (TPSA) is 163 Å². The van der Waals surface area contributed by atoms with Crippen LogP contribution in [-0.2, 0) is 6.42 Å². The van der Waals surface area contributed by atoms with Crippen molar-refractivity contribution < 1.29 is 8.78 Å². The quantitative estimate of drug-likeness (QED) is 0.429. The molecular weight excluding hydrogens is 430 g/mol. The van der Waals surface area contributed by atoms with Crippen molar-refractivity contribution in [3.8, 4) is 11.8 Å². The summed E-state index contributed by atoms with van der Waals surface area (Å²) in [6.07, 6.45) is 1.31. The molecule has 0 aliphatic carbocycles. The minimum atomic E-state index is -0.725. The number of nitriles is 1. The zero-order chi connectivity index (χ0) is 24.1. The normalized spacial score (nSPS) is 10.4. The van der Waals surface area contributed by atoms with Gasteiger partial charge in [-0.15, -0.1) is 0 Å². The Bertz CT molecular complexity index is 1390. The maximum atomic E-state index is 13.5. The molecule has 2 heterocycles. The first kappa shape index (κ1) is 23.1. The molecular formula is C22H20F2N8O. The Kier molecular flexibility index (Phi) is 6.78. The third-order valence-corrected chi connectivity index (χ3v) is 4.52. The molecule has 4 rings (SSSR count). The SMILES string of the molecule is CCCc1nc2ccccc2c(=O)n1-c1cc(F)cc(F)c1.N#Cc1c(N)nc(N)nc1N. The van der Waals surface area contributed by atoms with Gasteiger partial charge < -0.3 is 17.2 Å². The molecule has 33 heavy (non-hydrogen) atoms. The zero-order valence-corrected chi connectivity index (χ0v) is 17.6. The summed E-state index contributed by atoms with van der Waals surface area (Å²) in [5, 5.41) is 8.88. The lowest BCUT2D eigenvalue weighted by molar-refractivity contribution is 0.580. The number of rotatable bonds is 3. The number of nitrogen functional groups attached to an aromatic ring is 3. The number of nitrogens with zero attached hydrogens (tertiary/aromatic N) is 5. The van der Waals surface area contributed by atoms with Crippen LogP contribution in [0.15, 0.2) is 47.3 Å². The molecule has 0 amide bonds. The Morgan fingerprint density at radius 2 is 1.61 bits per heavy atom. The molecule has 0 fully saturated rings. The third kappa shape index (κ3) is 5.01. The van der Waals surface area contributed by atoms with Crippen molar-refractivity contribution in [1.29, 1.82) is 5.26 Å². The fourth-order valence-electron chi connectivity index (χ4n) is 3.13. The number of anilines is 3. The van der Waals surface area contributed by atoms with Crippen molar-refractivity contribution in [2.24, 2.45) is 0 Å². The van der Waals surface area contributed by atoms with Gasteiger partial charge in [0.25, 0.3) is 5.56 Å². The lowest BCUT2D eigenvalue weighted by Gasteiger charge is -2.13. The van der Waals surface area contributed by atoms with Gasteiger partial charge in [-0.2, -0.15) is 15.2 Å². The van der Waals surface area contributed by atoms with Crippen LogP contribution in [-0.4, -0.2) is 19.5 Å². The molecule has 6 N–H and O–H groups in total. The molecule has 0 atom stereocenters. The molecule has 0 saturated carbocycles. The number of aromatic nitrogens is 4. The highest BCUT2D eigenvalue weighted by molar-refractivity contribution is 5.77. The van der Waals surface area contributed by atoms with Crippen LogP contribution in [0.2, 0.25) is 0 Å². The van der Waals surface area contributed by atoms with E-state index in [0.717, 1.165) is 24.6 Å². The Labute approximate surface area is 187 Å². The van der Waals surface area contributed by atoms with Gasteiger partial charge in [-0.1, -0.05) is 19.1 Å². The predicted molar refractivity (Wildman–Crippen MR) is 121 cm³/mol. The van der Waals surface area contributed by atoms with E-state index in [2.05, 4.69) is 15.0 Å². The van der Waals surface area contributed by atoms with Crippen LogP contribution < -0.4 is 22.8 Å². The van der Waals surface area contributed by atoms with E-state index in [1.807, 2.05) is 6.92 Å². The maximum absolute atomic E-state index is 13.5. The average Bonchev–Trinajstić information content (AvgIpc) is 2.73. The summed E-state index contributed by atoms with van der Waals surface area (Å²) < 4.78 is 28.3. The summed E-state index contributed by atoms with van der Waals surface area (Å²) in [6.45, 7) is 1.96. The summed E-state index contributed by atoms with van der Waals surface area (Å²) in [6, 6.07) is 11.8. The molecule has 0 aliphatic rings. The Morgan fingerprint density at radius 1 is 1.00 bits per heavy atom. The predicted octanol–water partition coefficient (Wildman–Crippen LogP) is 2.71. The third-order valence-electron chi connectivity index (χ3n) is 4.52. The standard InChI is InChI=1S/C17H14F2N2O.C5H6N6/c1-2-5-16-20-15-7-4-3-6-14(15)17(22)21(16)13-9-11(18)8-12(19)10-13;6-1-2-3(7)10-5(9)11-4(2)8/h3-4,6-10H,2,5H2,1H3;(H6,7,8,9,10,11). The van der Waals surface area contributed by atoms with Crippen molar-refractivity contribution >= 4 is 28.5 Å². The number of fused-ring (bicyclic) bond motifs is 1. The van der Waals surface area contributed by atoms with Crippen LogP contribution >= 0.6 is 0 Å². The fraction of sp³-hybridized carbons (Fsp3) is 0.136. The van der Waals surface area contributed by atoms with Crippen molar-refractivity contribution in [3.05, 3.63) is 75.8 Å². The highest BCUT2D eigenvalue weighted by atomic mass is 19.1. The van der Waals surface area contributed by atoms with Gasteiger partial charge >= 0.3 is 0 Å². The van der Waals surface area contributed by atoms with Gasteiger partial charge in [0.1, 0.15) is 40.7 Å². The van der Waals surface area contributed by atoms with Crippen LogP contribution in [0, 0.1) is 23.0 Å². The van der Waals surface area contributed by atoms with Crippen LogP contribution in [0.3, 0.4) is 0 Å². The second-order valence-electron chi connectivity index (χ2n) is 6.90. The van der Waals surface area contributed by atoms with Gasteiger partial charge in [-0.3, -0.25) is 9.36 Å². The highest BCUT2D eigenvalue weighted by Gasteiger charge is 2.13. The molecule has 0 saturated heterocycles. The van der Waals surface area contributed by atoms with Crippen LogP contribution in [0.4, 0.5) is 26.4 Å². The summed E-state index contributed by atoms with van der Waals surface area (Å²) >= 11 is 0. The molecule has 0 aliphatic heterocycles. The minimum Gasteiger partial charge on any atom is -0.382 e. The number of halogens is 2. The number of aryl methyl sites for hydroxylation is 1. The van der Waals surface area contributed by atoms with Gasteiger partial charge in [0, 0.05) is 12.5 Å². The van der Waals surface area contributed by atoms with E-state index in [-0.39, 0.29) is 34.4 Å². The van der Waals surface area contributed by atoms with Crippen molar-refractivity contribution in [2.75, 3.05) is 17.2 Å². The maximum Gasteiger partial charge on any atom is 0.265 e. The number of benzene rings is 2. The summed E-state index contributed by atoms with van der Waals surface area (Å²) in [7, 11) is 0. The van der Waals surface area contributed by atoms with E-state index in [0.29, 0.717) is 23.1 Å². The second-order valence-corrected chi connectivity index (χ2v) is 6.90. The molecule has 0 bridgehead atoms. The largest absolute Gasteiger partial charge is 0.382 e. The van der Waals surface area contributed by atoms with Gasteiger partial charge in [0.05, 0.1) is 16.6 Å². The molecule has 0 radical (unpaired) electrons. The molecule has 9 nitrogen and oxygen atoms in total. The molecule has 4 aromatic rings. The van der Waals surface area contributed by atoms with Crippen LogP contribution in [0.1, 0.15) is 24.7 Å². The summed E-state index contributed by atoms with van der Waals surface area (Å²) in [5.41, 5.74) is 16.3. The average molecular weight is 450 g/mol. The van der Waals surface area contributed by atoms with E-state index in [1.165, 1.54) is 4.57 Å². The molecule has 168 valence electrons. The van der Waals surface area contributed by atoms with Gasteiger partial charge in [0.15, 0.2) is 0 Å².